The first-order valence-corrected chi connectivity index (χ1v) is 4.73. The molecule has 1 N–H and O–H groups in total. The van der Waals surface area contributed by atoms with Gasteiger partial charge in [0.2, 0.25) is 0 Å². The Bertz CT molecular complexity index is 154. The maximum Gasteiger partial charge on any atom is 0.506 e. The molecule has 1 saturated carbocycles. The van der Waals surface area contributed by atoms with Crippen LogP contribution in [0.1, 0.15) is 25.7 Å². The second kappa shape index (κ2) is 4.55. The van der Waals surface area contributed by atoms with E-state index in [0.717, 1.165) is 12.8 Å². The summed E-state index contributed by atoms with van der Waals surface area (Å²) in [4.78, 5) is 10.2. The third-order valence-corrected chi connectivity index (χ3v) is 2.63. The molecule has 1 fully saturated rings. The third kappa shape index (κ3) is 2.55. The van der Waals surface area contributed by atoms with Crippen molar-refractivity contribution in [1.29, 1.82) is 0 Å². The van der Waals surface area contributed by atoms with Gasteiger partial charge in [-0.15, -0.1) is 11.6 Å². The molecule has 1 rings (SSSR count). The predicted octanol–water partition coefficient (Wildman–Crippen LogP) is 2.48. The predicted molar refractivity (Wildman–Crippen MR) is 45.6 cm³/mol. The molecule has 3 nitrogen and oxygen atoms in total. The van der Waals surface area contributed by atoms with Crippen LogP contribution in [-0.4, -0.2) is 23.2 Å². The minimum absolute atomic E-state index is 0.275. The quantitative estimate of drug-likeness (QED) is 0.552. The summed E-state index contributed by atoms with van der Waals surface area (Å²) in [5.41, 5.74) is 0. The first kappa shape index (κ1) is 9.65. The molecule has 0 bridgehead atoms. The second-order valence-corrected chi connectivity index (χ2v) is 3.43. The average molecular weight is 193 g/mol. The van der Waals surface area contributed by atoms with Crippen LogP contribution in [0.2, 0.25) is 0 Å². The molecule has 12 heavy (non-hydrogen) atoms. The zero-order valence-electron chi connectivity index (χ0n) is 6.83. The average Bonchev–Trinajstić information content (AvgIpc) is 2.51. The van der Waals surface area contributed by atoms with Crippen molar-refractivity contribution in [3.05, 3.63) is 0 Å². The second-order valence-electron chi connectivity index (χ2n) is 3.12. The summed E-state index contributed by atoms with van der Waals surface area (Å²) in [5, 5.41) is 8.39. The summed E-state index contributed by atoms with van der Waals surface area (Å²) >= 11 is 5.60. The fraction of sp³-hybridized carbons (Fsp3) is 0.875. The molecular formula is C8H13ClO3. The molecule has 4 heteroatoms. The molecule has 1 atom stereocenters. The van der Waals surface area contributed by atoms with E-state index in [1.165, 1.54) is 12.8 Å². The van der Waals surface area contributed by atoms with E-state index < -0.39 is 6.16 Å². The Kier molecular flexibility index (Phi) is 3.66. The summed E-state index contributed by atoms with van der Waals surface area (Å²) in [6, 6.07) is 0. The molecule has 0 aromatic heterocycles. The van der Waals surface area contributed by atoms with E-state index in [1.54, 1.807) is 0 Å². The zero-order chi connectivity index (χ0) is 8.97. The van der Waals surface area contributed by atoms with Crippen molar-refractivity contribution in [1.82, 2.24) is 0 Å². The lowest BCUT2D eigenvalue weighted by Crippen LogP contribution is -2.26. The molecule has 0 spiro atoms. The fourth-order valence-corrected chi connectivity index (χ4v) is 2.03. The van der Waals surface area contributed by atoms with Crippen LogP contribution in [0.15, 0.2) is 0 Å². The van der Waals surface area contributed by atoms with Crippen LogP contribution in [0.5, 0.6) is 0 Å². The van der Waals surface area contributed by atoms with Gasteiger partial charge in [-0.25, -0.2) is 4.79 Å². The lowest BCUT2D eigenvalue weighted by molar-refractivity contribution is 0.0363. The Morgan fingerprint density at radius 2 is 2.17 bits per heavy atom. The standard InChI is InChI=1S/C8H13ClO3/c9-5-7(12-8(10)11)6-3-1-2-4-6/h6-7H,1-5H2,(H,10,11). The molecule has 0 radical (unpaired) electrons. The maximum absolute atomic E-state index is 10.2. The van der Waals surface area contributed by atoms with Crippen molar-refractivity contribution in [2.75, 3.05) is 5.88 Å². The van der Waals surface area contributed by atoms with Gasteiger partial charge in [-0.2, -0.15) is 0 Å². The maximum atomic E-state index is 10.2. The summed E-state index contributed by atoms with van der Waals surface area (Å²) in [5.74, 6) is 0.621. The van der Waals surface area contributed by atoms with E-state index in [0.29, 0.717) is 5.92 Å². The van der Waals surface area contributed by atoms with Crippen molar-refractivity contribution in [3.63, 3.8) is 0 Å². The molecule has 0 aromatic carbocycles. The molecule has 0 saturated heterocycles. The lowest BCUT2D eigenvalue weighted by Gasteiger charge is -2.19. The van der Waals surface area contributed by atoms with E-state index in [4.69, 9.17) is 16.7 Å². The largest absolute Gasteiger partial charge is 0.506 e. The van der Waals surface area contributed by atoms with Crippen molar-refractivity contribution in [2.45, 2.75) is 31.8 Å². The van der Waals surface area contributed by atoms with E-state index in [2.05, 4.69) is 4.74 Å². The molecular weight excluding hydrogens is 180 g/mol. The highest BCUT2D eigenvalue weighted by molar-refractivity contribution is 6.18. The molecule has 1 aliphatic carbocycles. The topological polar surface area (TPSA) is 46.5 Å². The van der Waals surface area contributed by atoms with Gasteiger partial charge in [0, 0.05) is 0 Å². The van der Waals surface area contributed by atoms with Crippen LogP contribution in [0.3, 0.4) is 0 Å². The number of hydrogen-bond donors (Lipinski definition) is 1. The number of alkyl halides is 1. The van der Waals surface area contributed by atoms with Gasteiger partial charge < -0.3 is 9.84 Å². The van der Waals surface area contributed by atoms with Gasteiger partial charge >= 0.3 is 6.16 Å². The van der Waals surface area contributed by atoms with Crippen molar-refractivity contribution < 1.29 is 14.6 Å². The van der Waals surface area contributed by atoms with Crippen LogP contribution in [-0.2, 0) is 4.74 Å². The van der Waals surface area contributed by atoms with Gasteiger partial charge in [0.25, 0.3) is 0 Å². The number of carboxylic acid groups (broad SMARTS) is 1. The van der Waals surface area contributed by atoms with Crippen LogP contribution in [0, 0.1) is 5.92 Å². The molecule has 1 unspecified atom stereocenters. The normalized spacial score (nSPS) is 20.8. The van der Waals surface area contributed by atoms with Gasteiger partial charge in [0.15, 0.2) is 0 Å². The number of rotatable bonds is 3. The molecule has 0 aromatic rings. The Morgan fingerprint density at radius 3 is 2.58 bits per heavy atom. The van der Waals surface area contributed by atoms with E-state index in [-0.39, 0.29) is 12.0 Å². The minimum atomic E-state index is -1.22. The highest BCUT2D eigenvalue weighted by Gasteiger charge is 2.27. The first-order valence-electron chi connectivity index (χ1n) is 4.19. The van der Waals surface area contributed by atoms with E-state index in [1.807, 2.05) is 0 Å². The van der Waals surface area contributed by atoms with E-state index in [9.17, 15) is 4.79 Å². The zero-order valence-corrected chi connectivity index (χ0v) is 7.59. The third-order valence-electron chi connectivity index (χ3n) is 2.33. The smallest absolute Gasteiger partial charge is 0.450 e. The summed E-state index contributed by atoms with van der Waals surface area (Å²) in [6.07, 6.45) is 2.91. The summed E-state index contributed by atoms with van der Waals surface area (Å²) in [7, 11) is 0. The minimum Gasteiger partial charge on any atom is -0.450 e. The Hall–Kier alpha value is -0.440. The molecule has 1 aliphatic rings. The monoisotopic (exact) mass is 192 g/mol. The molecule has 0 amide bonds. The lowest BCUT2D eigenvalue weighted by atomic mass is 10.0. The van der Waals surface area contributed by atoms with Gasteiger partial charge in [-0.3, -0.25) is 0 Å². The first-order chi connectivity index (χ1) is 5.74. The van der Waals surface area contributed by atoms with Crippen molar-refractivity contribution >= 4 is 17.8 Å². The van der Waals surface area contributed by atoms with Crippen molar-refractivity contribution in [2.24, 2.45) is 5.92 Å². The molecule has 0 aliphatic heterocycles. The van der Waals surface area contributed by atoms with Gasteiger partial charge in [0.1, 0.15) is 6.10 Å². The van der Waals surface area contributed by atoms with Crippen LogP contribution in [0.4, 0.5) is 4.79 Å². The van der Waals surface area contributed by atoms with Crippen molar-refractivity contribution in [3.8, 4) is 0 Å². The molecule has 0 heterocycles. The number of ether oxygens (including phenoxy) is 1. The number of halogens is 1. The van der Waals surface area contributed by atoms with Gasteiger partial charge in [-0.1, -0.05) is 12.8 Å². The van der Waals surface area contributed by atoms with Crippen LogP contribution < -0.4 is 0 Å². The van der Waals surface area contributed by atoms with E-state index >= 15 is 0 Å². The Morgan fingerprint density at radius 1 is 1.58 bits per heavy atom. The number of carbonyl (C=O) groups is 1. The van der Waals surface area contributed by atoms with Gasteiger partial charge in [-0.05, 0) is 18.8 Å². The van der Waals surface area contributed by atoms with Gasteiger partial charge in [0.05, 0.1) is 5.88 Å². The Labute approximate surface area is 76.7 Å². The fourth-order valence-electron chi connectivity index (χ4n) is 1.71. The highest BCUT2D eigenvalue weighted by atomic mass is 35.5. The summed E-state index contributed by atoms with van der Waals surface area (Å²) < 4.78 is 4.67. The summed E-state index contributed by atoms with van der Waals surface area (Å²) in [6.45, 7) is 0. The molecule has 70 valence electrons. The highest BCUT2D eigenvalue weighted by Crippen LogP contribution is 2.29. The van der Waals surface area contributed by atoms with Crippen LogP contribution >= 0.6 is 11.6 Å². The number of hydrogen-bond acceptors (Lipinski definition) is 2. The Balaban J connectivity index is 2.37. The van der Waals surface area contributed by atoms with Crippen LogP contribution in [0.25, 0.3) is 0 Å². The SMILES string of the molecule is O=C(O)OC(CCl)C1CCCC1.